The molecule has 2 aromatic rings. The van der Waals surface area contributed by atoms with Gasteiger partial charge in [-0.15, -0.1) is 0 Å². The third kappa shape index (κ3) is 2.18. The molecule has 0 saturated heterocycles. The highest BCUT2D eigenvalue weighted by Gasteiger charge is 2.20. The van der Waals surface area contributed by atoms with Gasteiger partial charge in [-0.25, -0.2) is 0 Å². The van der Waals surface area contributed by atoms with Gasteiger partial charge < -0.3 is 5.11 Å². The molecule has 0 amide bonds. The minimum Gasteiger partial charge on any atom is -0.384 e. The summed E-state index contributed by atoms with van der Waals surface area (Å²) in [6.07, 6.45) is 5.78. The number of aliphatic hydroxyl groups is 1. The number of hydrogen-bond donors (Lipinski definition) is 1. The Kier molecular flexibility index (Phi) is 3.13. The smallest absolute Gasteiger partial charge is 0.107 e. The van der Waals surface area contributed by atoms with Gasteiger partial charge in [-0.1, -0.05) is 42.8 Å². The molecule has 0 spiro atoms. The lowest BCUT2D eigenvalue weighted by molar-refractivity contribution is 0.219. The molecule has 0 bridgehead atoms. The van der Waals surface area contributed by atoms with Gasteiger partial charge in [-0.3, -0.25) is 4.98 Å². The Labute approximate surface area is 117 Å². The fourth-order valence-electron chi connectivity index (χ4n) is 2.39. The molecule has 1 aliphatic carbocycles. The standard InChI is InChI=1S/C16H14ClNO/c1-2-10-3-4-11-5-6-15-14(8-12(17)9-18-15)16(19)13(11)7-10/h3-9,16,19H,2H2,1H3. The molecular formula is C16H14ClNO. The maximum atomic E-state index is 10.6. The molecule has 1 aliphatic rings. The highest BCUT2D eigenvalue weighted by Crippen LogP contribution is 2.33. The minimum absolute atomic E-state index is 0.543. The van der Waals surface area contributed by atoms with E-state index in [1.54, 1.807) is 12.3 Å². The van der Waals surface area contributed by atoms with Crippen molar-refractivity contribution in [3.63, 3.8) is 0 Å². The van der Waals surface area contributed by atoms with Gasteiger partial charge in [-0.2, -0.15) is 0 Å². The second-order valence-electron chi connectivity index (χ2n) is 4.68. The van der Waals surface area contributed by atoms with Gasteiger partial charge in [0.15, 0.2) is 0 Å². The van der Waals surface area contributed by atoms with E-state index >= 15 is 0 Å². The molecule has 1 N–H and O–H groups in total. The molecule has 1 aromatic carbocycles. The maximum absolute atomic E-state index is 10.6. The average molecular weight is 272 g/mol. The SMILES string of the molecule is CCc1ccc2c(c1)C(O)c1cc(Cl)cnc1C=C2. The first-order valence-corrected chi connectivity index (χ1v) is 6.71. The Balaban J connectivity index is 2.20. The molecule has 1 heterocycles. The fraction of sp³-hybridized carbons (Fsp3) is 0.188. The zero-order chi connectivity index (χ0) is 13.4. The van der Waals surface area contributed by atoms with E-state index in [-0.39, 0.29) is 0 Å². The van der Waals surface area contributed by atoms with Gasteiger partial charge in [0.1, 0.15) is 6.10 Å². The molecule has 2 nitrogen and oxygen atoms in total. The summed E-state index contributed by atoms with van der Waals surface area (Å²) >= 11 is 5.98. The van der Waals surface area contributed by atoms with E-state index in [4.69, 9.17) is 11.6 Å². The second kappa shape index (κ2) is 4.80. The lowest BCUT2D eigenvalue weighted by Crippen LogP contribution is -2.04. The molecule has 0 radical (unpaired) electrons. The average Bonchev–Trinajstić information content (AvgIpc) is 2.57. The Hall–Kier alpha value is -1.64. The van der Waals surface area contributed by atoms with Crippen LogP contribution in [-0.4, -0.2) is 10.1 Å². The third-order valence-electron chi connectivity index (χ3n) is 3.49. The van der Waals surface area contributed by atoms with E-state index in [0.717, 1.165) is 28.8 Å². The number of hydrogen-bond acceptors (Lipinski definition) is 2. The quantitative estimate of drug-likeness (QED) is 0.854. The first kappa shape index (κ1) is 12.4. The number of aryl methyl sites for hydroxylation is 1. The van der Waals surface area contributed by atoms with Crippen LogP contribution >= 0.6 is 11.6 Å². The summed E-state index contributed by atoms with van der Waals surface area (Å²) in [5, 5.41) is 11.1. The number of aliphatic hydroxyl groups excluding tert-OH is 1. The Morgan fingerprint density at radius 2 is 2.05 bits per heavy atom. The van der Waals surface area contributed by atoms with Crippen molar-refractivity contribution in [2.75, 3.05) is 0 Å². The number of halogens is 1. The van der Waals surface area contributed by atoms with Crippen molar-refractivity contribution < 1.29 is 5.11 Å². The highest BCUT2D eigenvalue weighted by atomic mass is 35.5. The van der Waals surface area contributed by atoms with Crippen molar-refractivity contribution in [3.8, 4) is 0 Å². The molecule has 0 fully saturated rings. The zero-order valence-electron chi connectivity index (χ0n) is 10.6. The van der Waals surface area contributed by atoms with E-state index in [1.165, 1.54) is 5.56 Å². The first-order valence-electron chi connectivity index (χ1n) is 6.33. The van der Waals surface area contributed by atoms with Crippen LogP contribution < -0.4 is 0 Å². The van der Waals surface area contributed by atoms with Crippen molar-refractivity contribution in [2.24, 2.45) is 0 Å². The number of rotatable bonds is 1. The van der Waals surface area contributed by atoms with E-state index in [9.17, 15) is 5.11 Å². The van der Waals surface area contributed by atoms with Gasteiger partial charge >= 0.3 is 0 Å². The van der Waals surface area contributed by atoms with Crippen LogP contribution in [0, 0.1) is 0 Å². The monoisotopic (exact) mass is 271 g/mol. The lowest BCUT2D eigenvalue weighted by Gasteiger charge is -2.15. The van der Waals surface area contributed by atoms with Crippen LogP contribution in [0.15, 0.2) is 30.5 Å². The van der Waals surface area contributed by atoms with Crippen molar-refractivity contribution in [3.05, 3.63) is 63.4 Å². The predicted molar refractivity (Wildman–Crippen MR) is 78.1 cm³/mol. The first-order chi connectivity index (χ1) is 9.19. The second-order valence-corrected chi connectivity index (χ2v) is 5.12. The van der Waals surface area contributed by atoms with Crippen LogP contribution in [0.2, 0.25) is 5.02 Å². The summed E-state index contributed by atoms with van der Waals surface area (Å²) in [6, 6.07) is 7.97. The molecule has 3 rings (SSSR count). The number of nitrogens with zero attached hydrogens (tertiary/aromatic N) is 1. The van der Waals surface area contributed by atoms with Gasteiger partial charge in [-0.05, 0) is 35.3 Å². The molecule has 1 atom stereocenters. The Morgan fingerprint density at radius 1 is 1.21 bits per heavy atom. The summed E-state index contributed by atoms with van der Waals surface area (Å²) in [7, 11) is 0. The molecule has 96 valence electrons. The van der Waals surface area contributed by atoms with Crippen LogP contribution in [0.25, 0.3) is 12.2 Å². The van der Waals surface area contributed by atoms with Crippen LogP contribution in [-0.2, 0) is 6.42 Å². The summed E-state index contributed by atoms with van der Waals surface area (Å²) in [4.78, 5) is 4.28. The van der Waals surface area contributed by atoms with Crippen molar-refractivity contribution in [1.82, 2.24) is 4.98 Å². The fourth-order valence-corrected chi connectivity index (χ4v) is 2.56. The maximum Gasteiger partial charge on any atom is 0.107 e. The summed E-state index contributed by atoms with van der Waals surface area (Å²) in [6.45, 7) is 2.10. The predicted octanol–water partition coefficient (Wildman–Crippen LogP) is 3.86. The minimum atomic E-state index is -0.683. The Bertz CT molecular complexity index is 664. The number of fused-ring (bicyclic) bond motifs is 2. The van der Waals surface area contributed by atoms with Gasteiger partial charge in [0.05, 0.1) is 10.7 Å². The summed E-state index contributed by atoms with van der Waals surface area (Å²) in [5.74, 6) is 0. The number of benzene rings is 1. The lowest BCUT2D eigenvalue weighted by atomic mass is 9.96. The third-order valence-corrected chi connectivity index (χ3v) is 3.69. The largest absolute Gasteiger partial charge is 0.384 e. The molecule has 19 heavy (non-hydrogen) atoms. The molecule has 3 heteroatoms. The summed E-state index contributed by atoms with van der Waals surface area (Å²) < 4.78 is 0. The zero-order valence-corrected chi connectivity index (χ0v) is 11.4. The van der Waals surface area contributed by atoms with E-state index in [1.807, 2.05) is 18.2 Å². The van der Waals surface area contributed by atoms with Crippen LogP contribution in [0.5, 0.6) is 0 Å². The van der Waals surface area contributed by atoms with E-state index in [0.29, 0.717) is 5.02 Å². The molecule has 0 aliphatic heterocycles. The van der Waals surface area contributed by atoms with Crippen molar-refractivity contribution >= 4 is 23.8 Å². The van der Waals surface area contributed by atoms with Crippen LogP contribution in [0.3, 0.4) is 0 Å². The van der Waals surface area contributed by atoms with Crippen molar-refractivity contribution in [1.29, 1.82) is 0 Å². The topological polar surface area (TPSA) is 33.1 Å². The van der Waals surface area contributed by atoms with Crippen LogP contribution in [0.4, 0.5) is 0 Å². The Morgan fingerprint density at radius 3 is 2.84 bits per heavy atom. The molecule has 1 aromatic heterocycles. The van der Waals surface area contributed by atoms with E-state index in [2.05, 4.69) is 24.0 Å². The van der Waals surface area contributed by atoms with Crippen molar-refractivity contribution in [2.45, 2.75) is 19.4 Å². The number of pyridine rings is 1. The number of aromatic nitrogens is 1. The normalized spacial score (nSPS) is 16.7. The van der Waals surface area contributed by atoms with Gasteiger partial charge in [0, 0.05) is 11.8 Å². The highest BCUT2D eigenvalue weighted by molar-refractivity contribution is 6.30. The molecular weight excluding hydrogens is 258 g/mol. The van der Waals surface area contributed by atoms with Crippen LogP contribution in [0.1, 0.15) is 41.0 Å². The molecule has 1 unspecified atom stereocenters. The summed E-state index contributed by atoms with van der Waals surface area (Å²) in [5.41, 5.74) is 4.68. The van der Waals surface area contributed by atoms with E-state index < -0.39 is 6.10 Å². The van der Waals surface area contributed by atoms with Gasteiger partial charge in [0.2, 0.25) is 0 Å². The van der Waals surface area contributed by atoms with Gasteiger partial charge in [0.25, 0.3) is 0 Å². The molecule has 0 saturated carbocycles.